The third-order valence-electron chi connectivity index (χ3n) is 2.95. The lowest BCUT2D eigenvalue weighted by atomic mass is 10.1. The zero-order valence-electron chi connectivity index (χ0n) is 10.5. The molecule has 0 saturated carbocycles. The second-order valence-corrected chi connectivity index (χ2v) is 5.27. The second kappa shape index (κ2) is 5.56. The van der Waals surface area contributed by atoms with Gasteiger partial charge in [0.15, 0.2) is 0 Å². The van der Waals surface area contributed by atoms with Gasteiger partial charge in [0.1, 0.15) is 6.04 Å². The van der Waals surface area contributed by atoms with Crippen LogP contribution < -0.4 is 5.73 Å². The van der Waals surface area contributed by atoms with E-state index >= 15 is 0 Å². The number of hydrogen-bond donors (Lipinski definition) is 1. The smallest absolute Gasteiger partial charge is 0.248 e. The van der Waals surface area contributed by atoms with Gasteiger partial charge in [-0.05, 0) is 17.7 Å². The molecule has 0 amide bonds. The third-order valence-corrected chi connectivity index (χ3v) is 3.44. The maximum absolute atomic E-state index is 6.13. The van der Waals surface area contributed by atoms with Gasteiger partial charge in [-0.1, -0.05) is 63.6 Å². The number of halogens is 1. The topological polar surface area (TPSA) is 64.9 Å². The molecule has 0 aliphatic heterocycles. The average Bonchev–Trinajstić information content (AvgIpc) is 2.97. The molecule has 1 aromatic heterocycles. The van der Waals surface area contributed by atoms with Crippen molar-refractivity contribution in [3.8, 4) is 11.4 Å². The van der Waals surface area contributed by atoms with Crippen molar-refractivity contribution in [3.05, 3.63) is 70.5 Å². The van der Waals surface area contributed by atoms with E-state index in [-0.39, 0.29) is 0 Å². The number of rotatable bonds is 3. The van der Waals surface area contributed by atoms with Crippen LogP contribution in [0.1, 0.15) is 17.5 Å². The summed E-state index contributed by atoms with van der Waals surface area (Å²) in [7, 11) is 0. The van der Waals surface area contributed by atoms with Gasteiger partial charge in [-0.3, -0.25) is 0 Å². The Morgan fingerprint density at radius 2 is 1.85 bits per heavy atom. The monoisotopic (exact) mass is 329 g/mol. The Labute approximate surface area is 124 Å². The molecular weight excluding hydrogens is 318 g/mol. The van der Waals surface area contributed by atoms with Crippen LogP contribution in [0.15, 0.2) is 63.6 Å². The zero-order valence-corrected chi connectivity index (χ0v) is 12.1. The normalized spacial score (nSPS) is 12.3. The maximum atomic E-state index is 6.13. The molecule has 0 spiro atoms. The van der Waals surface area contributed by atoms with Crippen molar-refractivity contribution in [1.29, 1.82) is 0 Å². The molecule has 0 bridgehead atoms. The molecule has 20 heavy (non-hydrogen) atoms. The largest absolute Gasteiger partial charge is 0.337 e. The summed E-state index contributed by atoms with van der Waals surface area (Å²) in [5.74, 6) is 0.943. The van der Waals surface area contributed by atoms with Gasteiger partial charge < -0.3 is 10.3 Å². The highest BCUT2D eigenvalue weighted by atomic mass is 79.9. The molecule has 3 rings (SSSR count). The van der Waals surface area contributed by atoms with E-state index in [2.05, 4.69) is 26.1 Å². The first kappa shape index (κ1) is 13.0. The molecule has 0 unspecified atom stereocenters. The molecule has 0 saturated heterocycles. The van der Waals surface area contributed by atoms with Gasteiger partial charge in [-0.2, -0.15) is 4.98 Å². The number of benzene rings is 2. The van der Waals surface area contributed by atoms with Gasteiger partial charge in [0.2, 0.25) is 11.7 Å². The molecular formula is C15H12BrN3O. The van der Waals surface area contributed by atoms with E-state index < -0.39 is 6.04 Å². The number of nitrogens with zero attached hydrogens (tertiary/aromatic N) is 2. The van der Waals surface area contributed by atoms with Crippen LogP contribution in [0.25, 0.3) is 11.4 Å². The summed E-state index contributed by atoms with van der Waals surface area (Å²) < 4.78 is 6.24. The molecule has 0 radical (unpaired) electrons. The van der Waals surface area contributed by atoms with Crippen LogP contribution in [0.4, 0.5) is 0 Å². The van der Waals surface area contributed by atoms with E-state index in [4.69, 9.17) is 10.3 Å². The fourth-order valence-electron chi connectivity index (χ4n) is 1.91. The minimum atomic E-state index is -0.412. The number of nitrogens with two attached hydrogens (primary N) is 1. The van der Waals surface area contributed by atoms with Crippen LogP contribution in [0.3, 0.4) is 0 Å². The summed E-state index contributed by atoms with van der Waals surface area (Å²) in [6, 6.07) is 17.0. The van der Waals surface area contributed by atoms with Crippen LogP contribution in [-0.2, 0) is 0 Å². The Morgan fingerprint density at radius 1 is 1.05 bits per heavy atom. The minimum absolute atomic E-state index is 0.408. The standard InChI is InChI=1S/C15H12BrN3O/c16-12-8-4-7-11(9-12)14-18-15(20-19-14)13(17)10-5-2-1-3-6-10/h1-9,13H,17H2/t13-/m1/s1. The molecule has 100 valence electrons. The van der Waals surface area contributed by atoms with Crippen molar-refractivity contribution in [2.75, 3.05) is 0 Å². The predicted octanol–water partition coefficient (Wildman–Crippen LogP) is 3.55. The van der Waals surface area contributed by atoms with E-state index in [1.165, 1.54) is 0 Å². The van der Waals surface area contributed by atoms with Gasteiger partial charge in [0.05, 0.1) is 0 Å². The third kappa shape index (κ3) is 2.64. The maximum Gasteiger partial charge on any atom is 0.248 e. The van der Waals surface area contributed by atoms with E-state index in [9.17, 15) is 0 Å². The lowest BCUT2D eigenvalue weighted by Crippen LogP contribution is -2.11. The van der Waals surface area contributed by atoms with E-state index in [1.54, 1.807) is 0 Å². The quantitative estimate of drug-likeness (QED) is 0.798. The van der Waals surface area contributed by atoms with E-state index in [0.29, 0.717) is 11.7 Å². The van der Waals surface area contributed by atoms with Crippen molar-refractivity contribution < 1.29 is 4.52 Å². The molecule has 0 aliphatic carbocycles. The van der Waals surface area contributed by atoms with Crippen LogP contribution in [0, 0.1) is 0 Å². The number of aromatic nitrogens is 2. The summed E-state index contributed by atoms with van der Waals surface area (Å²) in [6.07, 6.45) is 0. The summed E-state index contributed by atoms with van der Waals surface area (Å²) in [4.78, 5) is 4.37. The first-order valence-corrected chi connectivity index (χ1v) is 6.93. The van der Waals surface area contributed by atoms with Gasteiger partial charge in [-0.25, -0.2) is 0 Å². The fraction of sp³-hybridized carbons (Fsp3) is 0.0667. The van der Waals surface area contributed by atoms with Crippen LogP contribution in [0.5, 0.6) is 0 Å². The Bertz CT molecular complexity index is 712. The van der Waals surface area contributed by atoms with Crippen LogP contribution >= 0.6 is 15.9 Å². The molecule has 2 N–H and O–H groups in total. The molecule has 1 heterocycles. The van der Waals surface area contributed by atoms with Crippen LogP contribution in [0.2, 0.25) is 0 Å². The van der Waals surface area contributed by atoms with Gasteiger partial charge in [0.25, 0.3) is 0 Å². The highest BCUT2D eigenvalue weighted by molar-refractivity contribution is 9.10. The highest BCUT2D eigenvalue weighted by Crippen LogP contribution is 2.23. The predicted molar refractivity (Wildman–Crippen MR) is 79.9 cm³/mol. The SMILES string of the molecule is N[C@H](c1ccccc1)c1nc(-c2cccc(Br)c2)no1. The van der Waals surface area contributed by atoms with Crippen molar-refractivity contribution in [1.82, 2.24) is 10.1 Å². The fourth-order valence-corrected chi connectivity index (χ4v) is 2.31. The van der Waals surface area contributed by atoms with Gasteiger partial charge in [-0.15, -0.1) is 0 Å². The van der Waals surface area contributed by atoms with Crippen molar-refractivity contribution in [3.63, 3.8) is 0 Å². The Balaban J connectivity index is 1.91. The van der Waals surface area contributed by atoms with Crippen LogP contribution in [-0.4, -0.2) is 10.1 Å². The van der Waals surface area contributed by atoms with E-state index in [0.717, 1.165) is 15.6 Å². The Kier molecular flexibility index (Phi) is 3.62. The lowest BCUT2D eigenvalue weighted by molar-refractivity contribution is 0.367. The van der Waals surface area contributed by atoms with Gasteiger partial charge in [0, 0.05) is 10.0 Å². The minimum Gasteiger partial charge on any atom is -0.337 e. The molecule has 2 aromatic carbocycles. The zero-order chi connectivity index (χ0) is 13.9. The first-order valence-electron chi connectivity index (χ1n) is 6.14. The van der Waals surface area contributed by atoms with Gasteiger partial charge >= 0.3 is 0 Å². The average molecular weight is 330 g/mol. The molecule has 1 atom stereocenters. The first-order chi connectivity index (χ1) is 9.74. The highest BCUT2D eigenvalue weighted by Gasteiger charge is 2.17. The summed E-state index contributed by atoms with van der Waals surface area (Å²) in [6.45, 7) is 0. The Morgan fingerprint density at radius 3 is 2.60 bits per heavy atom. The summed E-state index contributed by atoms with van der Waals surface area (Å²) in [5.41, 5.74) is 7.96. The second-order valence-electron chi connectivity index (χ2n) is 4.35. The summed E-state index contributed by atoms with van der Waals surface area (Å²) in [5, 5.41) is 3.99. The molecule has 5 heteroatoms. The van der Waals surface area contributed by atoms with Crippen molar-refractivity contribution in [2.45, 2.75) is 6.04 Å². The summed E-state index contributed by atoms with van der Waals surface area (Å²) >= 11 is 3.42. The molecule has 4 nitrogen and oxygen atoms in total. The van der Waals surface area contributed by atoms with Crippen molar-refractivity contribution >= 4 is 15.9 Å². The van der Waals surface area contributed by atoms with E-state index in [1.807, 2.05) is 54.6 Å². The molecule has 3 aromatic rings. The lowest BCUT2D eigenvalue weighted by Gasteiger charge is -2.05. The number of hydrogen-bond acceptors (Lipinski definition) is 4. The Hall–Kier alpha value is -1.98. The molecule has 0 fully saturated rings. The molecule has 0 aliphatic rings. The van der Waals surface area contributed by atoms with Crippen molar-refractivity contribution in [2.24, 2.45) is 5.73 Å².